The average molecular weight is 318 g/mol. The highest BCUT2D eigenvalue weighted by Gasteiger charge is 2.09. The number of hydrogen-bond donors (Lipinski definition) is 4. The van der Waals surface area contributed by atoms with Gasteiger partial charge < -0.3 is 21.3 Å². The molecule has 0 bridgehead atoms. The second-order valence-electron chi connectivity index (χ2n) is 4.49. The maximum absolute atomic E-state index is 11.4. The minimum absolute atomic E-state index is 0.000926. The van der Waals surface area contributed by atoms with Crippen molar-refractivity contribution in [3.63, 3.8) is 0 Å². The van der Waals surface area contributed by atoms with Gasteiger partial charge in [-0.25, -0.2) is 0 Å². The van der Waals surface area contributed by atoms with Crippen molar-refractivity contribution in [2.24, 2.45) is 0 Å². The molecule has 0 atom stereocenters. The zero-order valence-electron chi connectivity index (χ0n) is 12.4. The third kappa shape index (κ3) is 11.7. The van der Waals surface area contributed by atoms with Crippen LogP contribution < -0.4 is 21.3 Å². The van der Waals surface area contributed by atoms with Gasteiger partial charge in [0.25, 0.3) is 0 Å². The van der Waals surface area contributed by atoms with Gasteiger partial charge in [-0.05, 0) is 20.1 Å². The number of nitrogens with one attached hydrogen (secondary N) is 4. The number of carbonyl (C=O) groups excluding carboxylic acids is 4. The van der Waals surface area contributed by atoms with E-state index < -0.39 is 11.8 Å². The van der Waals surface area contributed by atoms with Gasteiger partial charge in [0, 0.05) is 6.04 Å². The van der Waals surface area contributed by atoms with Gasteiger partial charge in [0.05, 0.1) is 25.4 Å². The Morgan fingerprint density at radius 3 is 1.67 bits per heavy atom. The topological polar surface area (TPSA) is 116 Å². The number of rotatable bonds is 9. The highest BCUT2D eigenvalue weighted by Crippen LogP contribution is 1.88. The van der Waals surface area contributed by atoms with Crippen molar-refractivity contribution in [1.82, 2.24) is 21.3 Å². The summed E-state index contributed by atoms with van der Waals surface area (Å²) in [5, 5.41) is 9.74. The van der Waals surface area contributed by atoms with Gasteiger partial charge in [-0.2, -0.15) is 11.8 Å². The van der Waals surface area contributed by atoms with E-state index in [2.05, 4.69) is 21.3 Å². The Hall–Kier alpha value is -1.77. The summed E-state index contributed by atoms with van der Waals surface area (Å²) >= 11 is 1.35. The molecule has 0 aliphatic carbocycles. The minimum Gasteiger partial charge on any atom is -0.352 e. The molecule has 4 N–H and O–H groups in total. The van der Waals surface area contributed by atoms with Gasteiger partial charge in [0.1, 0.15) is 0 Å². The van der Waals surface area contributed by atoms with Crippen LogP contribution in [0.25, 0.3) is 0 Å². The molecule has 0 radical (unpaired) electrons. The summed E-state index contributed by atoms with van der Waals surface area (Å²) in [4.78, 5) is 45.1. The molecule has 0 aliphatic rings. The van der Waals surface area contributed by atoms with Gasteiger partial charge in [0.15, 0.2) is 0 Å². The summed E-state index contributed by atoms with van der Waals surface area (Å²) < 4.78 is 0. The van der Waals surface area contributed by atoms with Crippen LogP contribution in [-0.2, 0) is 19.2 Å². The largest absolute Gasteiger partial charge is 0.352 e. The Kier molecular flexibility index (Phi) is 10.0. The van der Waals surface area contributed by atoms with E-state index in [4.69, 9.17) is 0 Å². The Morgan fingerprint density at radius 2 is 1.24 bits per heavy atom. The first-order valence-electron chi connectivity index (χ1n) is 6.43. The number of hydrogen-bond acceptors (Lipinski definition) is 5. The third-order valence-electron chi connectivity index (χ3n) is 2.06. The van der Waals surface area contributed by atoms with Crippen molar-refractivity contribution in [1.29, 1.82) is 0 Å². The SMILES string of the molecule is CSCC(=O)NCC(=O)NCC(=O)NCC(=O)NC(C)C. The first-order chi connectivity index (χ1) is 9.85. The maximum atomic E-state index is 11.4. The molecule has 0 saturated carbocycles. The normalized spacial score (nSPS) is 9.90. The molecular formula is C12H22N4O4S. The van der Waals surface area contributed by atoms with Crippen molar-refractivity contribution in [2.75, 3.05) is 31.6 Å². The zero-order chi connectivity index (χ0) is 16.3. The Balaban J connectivity index is 3.75. The van der Waals surface area contributed by atoms with Gasteiger partial charge in [0.2, 0.25) is 23.6 Å². The molecule has 0 heterocycles. The van der Waals surface area contributed by atoms with Crippen molar-refractivity contribution in [3.8, 4) is 0 Å². The van der Waals surface area contributed by atoms with Crippen molar-refractivity contribution >= 4 is 35.4 Å². The van der Waals surface area contributed by atoms with Crippen LogP contribution in [0, 0.1) is 0 Å². The number of amides is 4. The van der Waals surface area contributed by atoms with Crippen LogP contribution in [-0.4, -0.2) is 61.3 Å². The molecule has 4 amide bonds. The van der Waals surface area contributed by atoms with Crippen LogP contribution >= 0.6 is 11.8 Å². The van der Waals surface area contributed by atoms with Gasteiger partial charge in [-0.1, -0.05) is 0 Å². The molecule has 0 saturated heterocycles. The summed E-state index contributed by atoms with van der Waals surface area (Å²) in [5.74, 6) is -1.20. The molecular weight excluding hydrogens is 296 g/mol. The fourth-order valence-electron chi connectivity index (χ4n) is 1.22. The Morgan fingerprint density at radius 1 is 0.810 bits per heavy atom. The standard InChI is InChI=1S/C12H22N4O4S/c1-8(2)16-11(19)6-14-9(17)4-13-10(18)5-15-12(20)7-21-3/h8H,4-7H2,1-3H3,(H,13,18)(H,14,17)(H,15,20)(H,16,19). The molecule has 0 rings (SSSR count). The fraction of sp³-hybridized carbons (Fsp3) is 0.667. The first kappa shape index (κ1) is 19.2. The molecule has 0 fully saturated rings. The van der Waals surface area contributed by atoms with Crippen molar-refractivity contribution in [2.45, 2.75) is 19.9 Å². The highest BCUT2D eigenvalue weighted by atomic mass is 32.2. The van der Waals surface area contributed by atoms with Crippen LogP contribution in [0.1, 0.15) is 13.8 Å². The minimum atomic E-state index is -0.474. The zero-order valence-corrected chi connectivity index (χ0v) is 13.3. The van der Waals surface area contributed by atoms with E-state index in [9.17, 15) is 19.2 Å². The van der Waals surface area contributed by atoms with Gasteiger partial charge >= 0.3 is 0 Å². The lowest BCUT2D eigenvalue weighted by Gasteiger charge is -2.10. The van der Waals surface area contributed by atoms with E-state index in [1.807, 2.05) is 13.8 Å². The summed E-state index contributed by atoms with van der Waals surface area (Å²) in [6.07, 6.45) is 1.78. The number of carbonyl (C=O) groups is 4. The van der Waals surface area contributed by atoms with Crippen LogP contribution in [0.5, 0.6) is 0 Å². The summed E-state index contributed by atoms with van der Waals surface area (Å²) in [6.45, 7) is 3.06. The first-order valence-corrected chi connectivity index (χ1v) is 7.83. The summed E-state index contributed by atoms with van der Waals surface area (Å²) in [7, 11) is 0. The monoisotopic (exact) mass is 318 g/mol. The molecule has 0 aromatic heterocycles. The van der Waals surface area contributed by atoms with Crippen LogP contribution in [0.4, 0.5) is 0 Å². The van der Waals surface area contributed by atoms with Gasteiger partial charge in [-0.3, -0.25) is 19.2 Å². The molecule has 0 unspecified atom stereocenters. The fourth-order valence-corrected chi connectivity index (χ4v) is 1.58. The van der Waals surface area contributed by atoms with E-state index in [1.54, 1.807) is 6.26 Å². The lowest BCUT2D eigenvalue weighted by Crippen LogP contribution is -2.45. The molecule has 0 aromatic carbocycles. The average Bonchev–Trinajstić information content (AvgIpc) is 2.40. The quantitative estimate of drug-likeness (QED) is 0.401. The van der Waals surface area contributed by atoms with E-state index in [-0.39, 0.29) is 43.2 Å². The second kappa shape index (κ2) is 11.0. The molecule has 8 nitrogen and oxygen atoms in total. The van der Waals surface area contributed by atoms with Crippen LogP contribution in [0.3, 0.4) is 0 Å². The molecule has 0 aliphatic heterocycles. The molecule has 0 spiro atoms. The smallest absolute Gasteiger partial charge is 0.239 e. The lowest BCUT2D eigenvalue weighted by atomic mass is 10.4. The lowest BCUT2D eigenvalue weighted by molar-refractivity contribution is -0.128. The second-order valence-corrected chi connectivity index (χ2v) is 5.35. The predicted molar refractivity (Wildman–Crippen MR) is 80.7 cm³/mol. The number of thioether (sulfide) groups is 1. The van der Waals surface area contributed by atoms with Crippen LogP contribution in [0.15, 0.2) is 0 Å². The van der Waals surface area contributed by atoms with Gasteiger partial charge in [-0.15, -0.1) is 0 Å². The summed E-state index contributed by atoms with van der Waals surface area (Å²) in [6, 6.07) is -0.000926. The van der Waals surface area contributed by atoms with Crippen LogP contribution in [0.2, 0.25) is 0 Å². The molecule has 9 heteroatoms. The predicted octanol–water partition coefficient (Wildman–Crippen LogP) is -1.78. The Bertz CT molecular complexity index is 387. The summed E-state index contributed by atoms with van der Waals surface area (Å²) in [5.41, 5.74) is 0. The Labute approximate surface area is 128 Å². The van der Waals surface area contributed by atoms with E-state index in [1.165, 1.54) is 11.8 Å². The highest BCUT2D eigenvalue weighted by molar-refractivity contribution is 7.99. The molecule has 120 valence electrons. The van der Waals surface area contributed by atoms with Crippen molar-refractivity contribution in [3.05, 3.63) is 0 Å². The van der Waals surface area contributed by atoms with E-state index in [0.29, 0.717) is 0 Å². The van der Waals surface area contributed by atoms with Crippen molar-refractivity contribution < 1.29 is 19.2 Å². The molecule has 0 aromatic rings. The van der Waals surface area contributed by atoms with E-state index >= 15 is 0 Å². The third-order valence-corrected chi connectivity index (χ3v) is 2.61. The molecule has 21 heavy (non-hydrogen) atoms. The van der Waals surface area contributed by atoms with E-state index in [0.717, 1.165) is 0 Å². The maximum Gasteiger partial charge on any atom is 0.239 e.